The molecule has 80 valence electrons. The van der Waals surface area contributed by atoms with Gasteiger partial charge in [-0.15, -0.1) is 0 Å². The first-order valence-electron chi connectivity index (χ1n) is 5.20. The van der Waals surface area contributed by atoms with Crippen molar-refractivity contribution in [2.45, 2.75) is 26.2 Å². The lowest BCUT2D eigenvalue weighted by Gasteiger charge is -2.23. The zero-order valence-electron chi connectivity index (χ0n) is 9.24. The molecule has 4 heteroatoms. The van der Waals surface area contributed by atoms with Gasteiger partial charge in [0.05, 0.1) is 62.1 Å². The molecule has 0 bridgehead atoms. The Labute approximate surface area is 92.7 Å². The molecule has 0 rings (SSSR count). The van der Waals surface area contributed by atoms with Gasteiger partial charge in [-0.05, 0) is 6.92 Å². The fourth-order valence-corrected chi connectivity index (χ4v) is 5.01. The average Bonchev–Trinajstić information content (AvgIpc) is 2.29. The molecule has 0 spiro atoms. The van der Waals surface area contributed by atoms with Crippen LogP contribution in [0.2, 0.25) is 0 Å². The minimum absolute atomic E-state index is 0.568. The van der Waals surface area contributed by atoms with Crippen LogP contribution in [0.1, 0.15) is 26.2 Å². The Balaban J connectivity index is 4.40. The maximum atomic E-state index is 8.61. The van der Waals surface area contributed by atoms with Crippen LogP contribution in [-0.4, -0.2) is 24.6 Å². The summed E-state index contributed by atoms with van der Waals surface area (Å²) < 4.78 is 0. The fraction of sp³-hybridized carbons (Fsp3) is 0.727. The van der Waals surface area contributed by atoms with E-state index in [4.69, 9.17) is 15.8 Å². The van der Waals surface area contributed by atoms with Crippen LogP contribution >= 0.6 is 7.26 Å². The SMILES string of the molecule is CC[P+](CCC#N)(CCC#N)CCC#N. The van der Waals surface area contributed by atoms with Crippen LogP contribution in [0.25, 0.3) is 0 Å². The highest BCUT2D eigenvalue weighted by Gasteiger charge is 2.33. The summed E-state index contributed by atoms with van der Waals surface area (Å²) in [6, 6.07) is 6.52. The standard InChI is InChI=1S/C11H17N3P/c1-2-15(9-3-6-12,10-4-7-13)11-5-8-14/h2-5,9-11H2,1H3/q+1. The normalized spacial score (nSPS) is 10.0. The molecule has 0 saturated carbocycles. The zero-order chi connectivity index (χ0) is 11.6. The van der Waals surface area contributed by atoms with E-state index >= 15 is 0 Å². The molecule has 0 aromatic heterocycles. The second-order valence-corrected chi connectivity index (χ2v) is 8.21. The molecule has 0 aromatic carbocycles. The van der Waals surface area contributed by atoms with E-state index in [0.717, 1.165) is 24.6 Å². The summed E-state index contributed by atoms with van der Waals surface area (Å²) in [5.41, 5.74) is 0. The largest absolute Gasteiger partial charge is 0.198 e. The summed E-state index contributed by atoms with van der Waals surface area (Å²) in [5.74, 6) is 0. The fourth-order valence-electron chi connectivity index (χ4n) is 1.67. The Morgan fingerprint density at radius 3 is 1.33 bits per heavy atom. The first-order valence-corrected chi connectivity index (χ1v) is 7.73. The van der Waals surface area contributed by atoms with Crippen LogP contribution in [0.4, 0.5) is 0 Å². The molecule has 0 atom stereocenters. The van der Waals surface area contributed by atoms with Crippen LogP contribution in [0.5, 0.6) is 0 Å². The van der Waals surface area contributed by atoms with Gasteiger partial charge in [0, 0.05) is 7.26 Å². The predicted octanol–water partition coefficient (Wildman–Crippen LogP) is 2.76. The third-order valence-corrected chi connectivity index (χ3v) is 7.62. The maximum Gasteiger partial charge on any atom is 0.0725 e. The lowest BCUT2D eigenvalue weighted by molar-refractivity contribution is 1.09. The van der Waals surface area contributed by atoms with Crippen molar-refractivity contribution in [2.75, 3.05) is 24.6 Å². The minimum Gasteiger partial charge on any atom is -0.198 e. The summed E-state index contributed by atoms with van der Waals surface area (Å²) in [5, 5.41) is 25.8. The smallest absolute Gasteiger partial charge is 0.0725 e. The third kappa shape index (κ3) is 5.37. The van der Waals surface area contributed by atoms with Gasteiger partial charge in [0.15, 0.2) is 0 Å². The molecule has 0 aliphatic carbocycles. The van der Waals surface area contributed by atoms with Crippen molar-refractivity contribution >= 4 is 7.26 Å². The number of hydrogen-bond acceptors (Lipinski definition) is 3. The highest BCUT2D eigenvalue weighted by atomic mass is 31.2. The van der Waals surface area contributed by atoms with Crippen molar-refractivity contribution in [3.8, 4) is 18.2 Å². The second kappa shape index (κ2) is 8.23. The minimum atomic E-state index is -1.19. The Morgan fingerprint density at radius 1 is 0.800 bits per heavy atom. The van der Waals surface area contributed by atoms with Crippen molar-refractivity contribution < 1.29 is 0 Å². The Bertz CT molecular complexity index is 247. The van der Waals surface area contributed by atoms with Gasteiger partial charge in [-0.2, -0.15) is 15.8 Å². The molecule has 0 aliphatic rings. The van der Waals surface area contributed by atoms with Crippen LogP contribution in [0.3, 0.4) is 0 Å². The summed E-state index contributed by atoms with van der Waals surface area (Å²) >= 11 is 0. The Hall–Kier alpha value is -1.10. The van der Waals surface area contributed by atoms with Crippen LogP contribution < -0.4 is 0 Å². The van der Waals surface area contributed by atoms with Gasteiger partial charge in [0.2, 0.25) is 0 Å². The summed E-state index contributed by atoms with van der Waals surface area (Å²) in [6.07, 6.45) is 5.52. The van der Waals surface area contributed by atoms with Gasteiger partial charge in [-0.1, -0.05) is 0 Å². The molecule has 0 fully saturated rings. The average molecular weight is 222 g/mol. The first kappa shape index (κ1) is 13.9. The molecule has 0 radical (unpaired) electrons. The van der Waals surface area contributed by atoms with E-state index in [0.29, 0.717) is 19.3 Å². The van der Waals surface area contributed by atoms with Gasteiger partial charge < -0.3 is 0 Å². The molecule has 0 aromatic rings. The topological polar surface area (TPSA) is 71.4 Å². The lowest BCUT2D eigenvalue weighted by atomic mass is 10.5. The first-order chi connectivity index (χ1) is 7.24. The molecule has 0 heterocycles. The van der Waals surface area contributed by atoms with Gasteiger partial charge in [0.25, 0.3) is 0 Å². The van der Waals surface area contributed by atoms with Crippen LogP contribution in [0, 0.1) is 34.0 Å². The van der Waals surface area contributed by atoms with E-state index in [2.05, 4.69) is 25.1 Å². The van der Waals surface area contributed by atoms with Gasteiger partial charge in [0.1, 0.15) is 0 Å². The monoisotopic (exact) mass is 222 g/mol. The highest BCUT2D eigenvalue weighted by molar-refractivity contribution is 7.75. The zero-order valence-corrected chi connectivity index (χ0v) is 10.1. The third-order valence-electron chi connectivity index (χ3n) is 2.76. The van der Waals surface area contributed by atoms with Gasteiger partial charge >= 0.3 is 0 Å². The van der Waals surface area contributed by atoms with E-state index in [9.17, 15) is 0 Å². The highest BCUT2D eigenvalue weighted by Crippen LogP contribution is 2.59. The molecule has 0 aliphatic heterocycles. The lowest BCUT2D eigenvalue weighted by Crippen LogP contribution is -2.10. The Morgan fingerprint density at radius 2 is 1.13 bits per heavy atom. The number of hydrogen-bond donors (Lipinski definition) is 0. The van der Waals surface area contributed by atoms with E-state index in [-0.39, 0.29) is 0 Å². The summed E-state index contributed by atoms with van der Waals surface area (Å²) in [7, 11) is -1.19. The van der Waals surface area contributed by atoms with Crippen molar-refractivity contribution in [3.05, 3.63) is 0 Å². The van der Waals surface area contributed by atoms with Crippen LogP contribution in [-0.2, 0) is 0 Å². The van der Waals surface area contributed by atoms with E-state index < -0.39 is 7.26 Å². The van der Waals surface area contributed by atoms with Crippen molar-refractivity contribution in [1.29, 1.82) is 15.8 Å². The number of nitriles is 3. The maximum absolute atomic E-state index is 8.61. The van der Waals surface area contributed by atoms with Crippen LogP contribution in [0.15, 0.2) is 0 Å². The number of rotatable bonds is 7. The number of nitrogens with zero attached hydrogens (tertiary/aromatic N) is 3. The van der Waals surface area contributed by atoms with Crippen molar-refractivity contribution in [2.24, 2.45) is 0 Å². The molecule has 3 nitrogen and oxygen atoms in total. The van der Waals surface area contributed by atoms with Gasteiger partial charge in [-0.25, -0.2) is 0 Å². The van der Waals surface area contributed by atoms with E-state index in [1.54, 1.807) is 0 Å². The van der Waals surface area contributed by atoms with Crippen molar-refractivity contribution in [1.82, 2.24) is 0 Å². The molecule has 15 heavy (non-hydrogen) atoms. The van der Waals surface area contributed by atoms with Gasteiger partial charge in [-0.3, -0.25) is 0 Å². The summed E-state index contributed by atoms with van der Waals surface area (Å²) in [6.45, 7) is 2.12. The molecule has 0 unspecified atom stereocenters. The van der Waals surface area contributed by atoms with E-state index in [1.165, 1.54) is 0 Å². The second-order valence-electron chi connectivity index (χ2n) is 3.55. The quantitative estimate of drug-likeness (QED) is 0.622. The van der Waals surface area contributed by atoms with E-state index in [1.807, 2.05) is 0 Å². The molecular formula is C11H17N3P+. The molecule has 0 amide bonds. The molecular weight excluding hydrogens is 205 g/mol. The summed E-state index contributed by atoms with van der Waals surface area (Å²) in [4.78, 5) is 0. The molecule has 0 saturated heterocycles. The Kier molecular flexibility index (Phi) is 7.62. The predicted molar refractivity (Wildman–Crippen MR) is 62.8 cm³/mol. The molecule has 0 N–H and O–H groups in total. The van der Waals surface area contributed by atoms with Crippen molar-refractivity contribution in [3.63, 3.8) is 0 Å².